The lowest BCUT2D eigenvalue weighted by molar-refractivity contribution is -0.113. The molecule has 2 heteroatoms. The maximum Gasteiger partial charge on any atom is 0.120 e. The van der Waals surface area contributed by atoms with Gasteiger partial charge in [-0.05, 0) is 42.2 Å². The van der Waals surface area contributed by atoms with E-state index in [0.29, 0.717) is 5.92 Å². The second kappa shape index (κ2) is 5.92. The molecule has 1 aromatic carbocycles. The van der Waals surface area contributed by atoms with Crippen molar-refractivity contribution in [3.05, 3.63) is 30.3 Å². The molecule has 18 heavy (non-hydrogen) atoms. The zero-order valence-electron chi connectivity index (χ0n) is 11.3. The Bertz CT molecular complexity index is 389. The lowest BCUT2D eigenvalue weighted by Gasteiger charge is -2.49. The van der Waals surface area contributed by atoms with Gasteiger partial charge in [-0.15, -0.1) is 11.8 Å². The highest BCUT2D eigenvalue weighted by molar-refractivity contribution is 7.99. The van der Waals surface area contributed by atoms with Crippen LogP contribution in [-0.2, 0) is 4.79 Å². The summed E-state index contributed by atoms with van der Waals surface area (Å²) in [6, 6.07) is 10.6. The van der Waals surface area contributed by atoms with Gasteiger partial charge in [0.25, 0.3) is 0 Å². The molecule has 0 aliphatic heterocycles. The molecular weight excluding hydrogens is 240 g/mol. The number of benzene rings is 1. The molecule has 1 fully saturated rings. The Morgan fingerprint density at radius 3 is 2.72 bits per heavy atom. The van der Waals surface area contributed by atoms with Crippen LogP contribution in [0.25, 0.3) is 0 Å². The van der Waals surface area contributed by atoms with Crippen LogP contribution in [0, 0.1) is 17.3 Å². The summed E-state index contributed by atoms with van der Waals surface area (Å²) in [5, 5.41) is 0. The predicted molar refractivity (Wildman–Crippen MR) is 77.8 cm³/mol. The van der Waals surface area contributed by atoms with Gasteiger partial charge in [-0.1, -0.05) is 32.0 Å². The first-order chi connectivity index (χ1) is 8.65. The monoisotopic (exact) mass is 262 g/mol. The van der Waals surface area contributed by atoms with Crippen LogP contribution in [0.3, 0.4) is 0 Å². The van der Waals surface area contributed by atoms with Crippen molar-refractivity contribution in [3.8, 4) is 0 Å². The fourth-order valence-electron chi connectivity index (χ4n) is 3.08. The van der Waals surface area contributed by atoms with Crippen molar-refractivity contribution in [3.63, 3.8) is 0 Å². The molecule has 0 heterocycles. The lowest BCUT2D eigenvalue weighted by atomic mass is 9.56. The highest BCUT2D eigenvalue weighted by Crippen LogP contribution is 2.52. The number of aldehydes is 1. The quantitative estimate of drug-likeness (QED) is 0.557. The van der Waals surface area contributed by atoms with Crippen molar-refractivity contribution in [2.45, 2.75) is 38.0 Å². The number of carbonyl (C=O) groups is 1. The number of carbonyl (C=O) groups excluding carboxylic acids is 1. The summed E-state index contributed by atoms with van der Waals surface area (Å²) in [6.07, 6.45) is 4.35. The third-order valence-electron chi connectivity index (χ3n) is 4.41. The average Bonchev–Trinajstić information content (AvgIpc) is 2.37. The Labute approximate surface area is 114 Å². The molecule has 0 spiro atoms. The average molecular weight is 262 g/mol. The van der Waals surface area contributed by atoms with E-state index < -0.39 is 0 Å². The van der Waals surface area contributed by atoms with Crippen molar-refractivity contribution in [2.75, 3.05) is 5.75 Å². The van der Waals surface area contributed by atoms with Crippen molar-refractivity contribution >= 4 is 18.0 Å². The van der Waals surface area contributed by atoms with Gasteiger partial charge in [-0.2, -0.15) is 0 Å². The van der Waals surface area contributed by atoms with Gasteiger partial charge in [0.15, 0.2) is 0 Å². The van der Waals surface area contributed by atoms with Crippen LogP contribution < -0.4 is 0 Å². The Hall–Kier alpha value is -0.760. The van der Waals surface area contributed by atoms with E-state index in [1.165, 1.54) is 17.7 Å². The van der Waals surface area contributed by atoms with Crippen molar-refractivity contribution in [2.24, 2.45) is 17.3 Å². The maximum absolute atomic E-state index is 10.8. The Morgan fingerprint density at radius 1 is 1.44 bits per heavy atom. The molecule has 1 nitrogen and oxygen atoms in total. The molecular formula is C16H22OS. The molecule has 0 N–H and O–H groups in total. The van der Waals surface area contributed by atoms with E-state index >= 15 is 0 Å². The number of hydrogen-bond acceptors (Lipinski definition) is 2. The zero-order valence-corrected chi connectivity index (χ0v) is 12.1. The highest BCUT2D eigenvalue weighted by atomic mass is 32.2. The predicted octanol–water partition coefficient (Wildman–Crippen LogP) is 4.42. The van der Waals surface area contributed by atoms with Crippen molar-refractivity contribution < 1.29 is 4.79 Å². The van der Waals surface area contributed by atoms with Gasteiger partial charge in [0.05, 0.1) is 0 Å². The number of rotatable bonds is 6. The molecule has 3 atom stereocenters. The minimum absolute atomic E-state index is 0.276. The summed E-state index contributed by atoms with van der Waals surface area (Å²) in [5.74, 6) is 2.57. The molecule has 0 amide bonds. The topological polar surface area (TPSA) is 17.1 Å². The fraction of sp³-hybridized carbons (Fsp3) is 0.562. The first kappa shape index (κ1) is 13.7. The van der Waals surface area contributed by atoms with E-state index in [4.69, 9.17) is 0 Å². The van der Waals surface area contributed by atoms with E-state index in [1.807, 2.05) is 11.8 Å². The van der Waals surface area contributed by atoms with Gasteiger partial charge in [0.2, 0.25) is 0 Å². The molecule has 1 aliphatic carbocycles. The van der Waals surface area contributed by atoms with E-state index in [0.717, 1.165) is 24.4 Å². The van der Waals surface area contributed by atoms with Crippen LogP contribution >= 0.6 is 11.8 Å². The Morgan fingerprint density at radius 2 is 2.17 bits per heavy atom. The summed E-state index contributed by atoms with van der Waals surface area (Å²) in [6.45, 7) is 4.61. The smallest absolute Gasteiger partial charge is 0.120 e. The Balaban J connectivity index is 1.85. The summed E-state index contributed by atoms with van der Waals surface area (Å²) < 4.78 is 0. The van der Waals surface area contributed by atoms with Crippen LogP contribution in [0.5, 0.6) is 0 Å². The van der Waals surface area contributed by atoms with Crippen LogP contribution in [-0.4, -0.2) is 12.0 Å². The van der Waals surface area contributed by atoms with E-state index in [-0.39, 0.29) is 5.41 Å². The molecule has 0 saturated heterocycles. The first-order valence-electron chi connectivity index (χ1n) is 6.77. The van der Waals surface area contributed by atoms with Crippen molar-refractivity contribution in [1.29, 1.82) is 0 Å². The lowest BCUT2D eigenvalue weighted by Crippen LogP contribution is -2.42. The fourth-order valence-corrected chi connectivity index (χ4v) is 4.12. The summed E-state index contributed by atoms with van der Waals surface area (Å²) in [5.41, 5.74) is 0.276. The van der Waals surface area contributed by atoms with Crippen LogP contribution in [0.15, 0.2) is 35.2 Å². The second-order valence-corrected chi connectivity index (χ2v) is 6.86. The SMILES string of the molecule is CC(CSc1ccccc1)[C@H]1CC[C@]1(C)CC=O. The second-order valence-electron chi connectivity index (χ2n) is 5.77. The standard InChI is InChI=1S/C16H22OS/c1-13(12-18-14-6-4-3-5-7-14)15-8-9-16(15,2)10-11-17/h3-7,11,13,15H,8-10,12H2,1-2H3/t13?,15-,16-/m1/s1. The molecule has 0 bridgehead atoms. The molecule has 1 aromatic rings. The van der Waals surface area contributed by atoms with Gasteiger partial charge < -0.3 is 4.79 Å². The number of hydrogen-bond donors (Lipinski definition) is 0. The summed E-state index contributed by atoms with van der Waals surface area (Å²) in [7, 11) is 0. The number of thioether (sulfide) groups is 1. The molecule has 98 valence electrons. The van der Waals surface area contributed by atoms with Gasteiger partial charge in [0, 0.05) is 17.1 Å². The molecule has 1 aliphatic rings. The highest BCUT2D eigenvalue weighted by Gasteiger charge is 2.44. The molecule has 1 unspecified atom stereocenters. The Kier molecular flexibility index (Phi) is 4.50. The first-order valence-corrected chi connectivity index (χ1v) is 7.76. The van der Waals surface area contributed by atoms with Crippen LogP contribution in [0.4, 0.5) is 0 Å². The third-order valence-corrected chi connectivity index (χ3v) is 5.71. The maximum atomic E-state index is 10.8. The van der Waals surface area contributed by atoms with E-state index in [2.05, 4.69) is 44.2 Å². The molecule has 1 saturated carbocycles. The van der Waals surface area contributed by atoms with Crippen molar-refractivity contribution in [1.82, 2.24) is 0 Å². The summed E-state index contributed by atoms with van der Waals surface area (Å²) in [4.78, 5) is 12.1. The normalized spacial score (nSPS) is 28.4. The minimum atomic E-state index is 0.276. The largest absolute Gasteiger partial charge is 0.303 e. The zero-order chi connectivity index (χ0) is 13.0. The molecule has 0 radical (unpaired) electrons. The molecule has 0 aromatic heterocycles. The van der Waals surface area contributed by atoms with Crippen LogP contribution in [0.2, 0.25) is 0 Å². The van der Waals surface area contributed by atoms with Crippen LogP contribution in [0.1, 0.15) is 33.1 Å². The third kappa shape index (κ3) is 2.97. The summed E-state index contributed by atoms with van der Waals surface area (Å²) >= 11 is 1.94. The van der Waals surface area contributed by atoms with Gasteiger partial charge in [-0.3, -0.25) is 0 Å². The van der Waals surface area contributed by atoms with Gasteiger partial charge >= 0.3 is 0 Å². The van der Waals surface area contributed by atoms with Gasteiger partial charge in [-0.25, -0.2) is 0 Å². The molecule has 2 rings (SSSR count). The van der Waals surface area contributed by atoms with E-state index in [9.17, 15) is 4.79 Å². The minimum Gasteiger partial charge on any atom is -0.303 e. The van der Waals surface area contributed by atoms with Gasteiger partial charge in [0.1, 0.15) is 6.29 Å². The van der Waals surface area contributed by atoms with E-state index in [1.54, 1.807) is 0 Å².